The van der Waals surface area contributed by atoms with Gasteiger partial charge in [-0.2, -0.15) is 0 Å². The van der Waals surface area contributed by atoms with Crippen LogP contribution >= 0.6 is 16.5 Å². The van der Waals surface area contributed by atoms with E-state index in [2.05, 4.69) is 1.74 Å². The molecule has 0 aliphatic carbocycles. The van der Waals surface area contributed by atoms with Crippen LogP contribution in [0, 0.1) is 0 Å². The summed E-state index contributed by atoms with van der Waals surface area (Å²) < 4.78 is 14.7. The molecular weight excluding hydrogens is 594 g/mol. The van der Waals surface area contributed by atoms with E-state index in [-0.39, 0.29) is 52.6 Å². The number of nitrogens with two attached hydrogens (primary N) is 1. The van der Waals surface area contributed by atoms with Gasteiger partial charge in [0.1, 0.15) is 0 Å². The van der Waals surface area contributed by atoms with Gasteiger partial charge in [-0.1, -0.05) is 0 Å². The first-order valence-electron chi connectivity index (χ1n) is 8.53. The first-order valence-corrected chi connectivity index (χ1v) is 17.9. The zero-order valence-corrected chi connectivity index (χ0v) is 19.3. The first-order chi connectivity index (χ1) is 13.3. The first kappa shape index (κ1) is 21.3. The number of phenolic OH excluding ortho intramolecular Hbond substituents is 2. The van der Waals surface area contributed by atoms with Crippen molar-refractivity contribution in [1.29, 1.82) is 0 Å². The molecule has 0 bridgehead atoms. The number of ether oxygens (including phenoxy) is 1. The summed E-state index contributed by atoms with van der Waals surface area (Å²) in [4.78, 5) is 25.0. The number of hydrogen-bond acceptors (Lipinski definition) is 8. The molecule has 3 rings (SSSR count). The summed E-state index contributed by atoms with van der Waals surface area (Å²) in [5.74, 6) is -1.97. The van der Waals surface area contributed by atoms with E-state index in [1.165, 1.54) is 6.08 Å². The molecule has 0 amide bonds. The Morgan fingerprint density at radius 3 is 2.75 bits per heavy atom. The number of benzene rings is 1. The second-order valence-corrected chi connectivity index (χ2v) is 19.3. The van der Waals surface area contributed by atoms with Crippen LogP contribution in [0.1, 0.15) is 35.7 Å². The summed E-state index contributed by atoms with van der Waals surface area (Å²) in [5, 5.41) is 20.0. The Hall–Kier alpha value is -1.38. The van der Waals surface area contributed by atoms with Gasteiger partial charge in [0.05, 0.1) is 0 Å². The topological polar surface area (TPSA) is 141 Å². The Morgan fingerprint density at radius 1 is 1.29 bits per heavy atom. The number of halogens is 2. The van der Waals surface area contributed by atoms with Gasteiger partial charge in [0.15, 0.2) is 0 Å². The third-order valence-electron chi connectivity index (χ3n) is 4.11. The fourth-order valence-corrected chi connectivity index (χ4v) is 10.1. The maximum absolute atomic E-state index is 12.6. The standard InChI is InChI=1S/C18H21I2N2O6/c1-10-4-2-6-12(28-20-19-22-20)7-3-5-11(23)8-13-16(18(26)27-10)14(24)9-15(25)17(13)21/h2-3,5-6,9-10,12,22,24-25H,4,7-8,21H2,1H3/q-1/b5-3+,6-2+/t10-,12-/m1/s1. The molecule has 1 saturated heterocycles. The monoisotopic (exact) mass is 615 g/mol. The van der Waals surface area contributed by atoms with Gasteiger partial charge in [-0.25, -0.2) is 0 Å². The van der Waals surface area contributed by atoms with Crippen molar-refractivity contribution >= 4 is 34.0 Å². The molecule has 0 radical (unpaired) electrons. The number of anilines is 1. The quantitative estimate of drug-likeness (QED) is 0.0510. The van der Waals surface area contributed by atoms with Gasteiger partial charge in [0, 0.05) is 0 Å². The summed E-state index contributed by atoms with van der Waals surface area (Å²) in [5.41, 5.74) is 5.62. The number of phenols is 2. The summed E-state index contributed by atoms with van der Waals surface area (Å²) in [6, 6.07) is 0.976. The number of carbonyl (C=O) groups is 2. The zero-order chi connectivity index (χ0) is 20.3. The average molecular weight is 615 g/mol. The molecule has 2 aliphatic rings. The summed E-state index contributed by atoms with van der Waals surface area (Å²) >= 11 is -1.26. The number of ketones is 1. The van der Waals surface area contributed by atoms with Gasteiger partial charge in [-0.05, 0) is 0 Å². The third-order valence-corrected chi connectivity index (χ3v) is 12.2. The van der Waals surface area contributed by atoms with Crippen LogP contribution in [0.4, 0.5) is 5.69 Å². The molecule has 1 fully saturated rings. The number of fused-ring (bicyclic) bond motifs is 1. The van der Waals surface area contributed by atoms with Crippen molar-refractivity contribution in [2.24, 2.45) is 0 Å². The van der Waals surface area contributed by atoms with Crippen molar-refractivity contribution in [2.45, 2.75) is 38.4 Å². The molecule has 10 heteroatoms. The van der Waals surface area contributed by atoms with E-state index in [0.29, 0.717) is 12.8 Å². The number of esters is 1. The number of aromatic hydroxyl groups is 2. The Morgan fingerprint density at radius 2 is 2.04 bits per heavy atom. The molecule has 0 saturated carbocycles. The van der Waals surface area contributed by atoms with Gasteiger partial charge < -0.3 is 0 Å². The summed E-state index contributed by atoms with van der Waals surface area (Å²) in [6.45, 7) is 1.74. The van der Waals surface area contributed by atoms with Crippen LogP contribution in [0.5, 0.6) is 11.5 Å². The van der Waals surface area contributed by atoms with Crippen molar-refractivity contribution in [3.05, 3.63) is 41.5 Å². The van der Waals surface area contributed by atoms with Gasteiger partial charge in [0.2, 0.25) is 0 Å². The molecule has 0 aromatic heterocycles. The van der Waals surface area contributed by atoms with E-state index in [0.717, 1.165) is 6.07 Å². The number of nitrogen functional groups attached to an aromatic ring is 1. The molecule has 2 aliphatic heterocycles. The predicted octanol–water partition coefficient (Wildman–Crippen LogP) is -0.513. The van der Waals surface area contributed by atoms with Gasteiger partial charge in [-0.15, -0.1) is 0 Å². The Bertz CT molecular complexity index is 838. The van der Waals surface area contributed by atoms with E-state index in [1.807, 2.05) is 12.2 Å². The average Bonchev–Trinajstić information content (AvgIpc) is 3.42. The molecule has 5 N–H and O–H groups in total. The van der Waals surface area contributed by atoms with Crippen molar-refractivity contribution in [2.75, 3.05) is 5.73 Å². The molecular formula is C18H21I2N2O6-. The minimum atomic E-state index is -1.33. The van der Waals surface area contributed by atoms with E-state index >= 15 is 0 Å². The molecule has 1 aromatic rings. The summed E-state index contributed by atoms with van der Waals surface area (Å²) in [6.07, 6.45) is 7.22. The van der Waals surface area contributed by atoms with Crippen LogP contribution in [-0.2, 0) is 19.0 Å². The number of allylic oxidation sites excluding steroid dienone is 1. The molecule has 154 valence electrons. The summed E-state index contributed by atoms with van der Waals surface area (Å²) in [7, 11) is 0. The fraction of sp³-hybridized carbons (Fsp3) is 0.333. The SMILES string of the molecule is C[C@@H]1C/C=C/[C@@H](OI2N[I-]2)C/C=C/C(=O)Cc2c(N)c(O)cc(O)c2C(=O)O1. The Kier molecular flexibility index (Phi) is 7.17. The molecule has 0 unspecified atom stereocenters. The molecule has 8 nitrogen and oxygen atoms in total. The number of nitrogens with one attached hydrogen (secondary N) is 1. The fourth-order valence-electron chi connectivity index (χ4n) is 2.70. The van der Waals surface area contributed by atoms with Crippen molar-refractivity contribution in [1.82, 2.24) is 1.74 Å². The van der Waals surface area contributed by atoms with Gasteiger partial charge >= 0.3 is 178 Å². The minimum absolute atomic E-state index is 0.0602. The van der Waals surface area contributed by atoms with Crippen LogP contribution in [0.25, 0.3) is 0 Å². The maximum atomic E-state index is 12.6. The number of hydrogen-bond donors (Lipinski definition) is 4. The number of rotatable bonds is 2. The van der Waals surface area contributed by atoms with Gasteiger partial charge in [-0.3, -0.25) is 0 Å². The van der Waals surface area contributed by atoms with Crippen LogP contribution in [-0.4, -0.2) is 34.2 Å². The Labute approximate surface area is 177 Å². The zero-order valence-electron chi connectivity index (χ0n) is 15.0. The third kappa shape index (κ3) is 5.58. The second kappa shape index (κ2) is 9.41. The van der Waals surface area contributed by atoms with Crippen molar-refractivity contribution in [3.8, 4) is 11.5 Å². The van der Waals surface area contributed by atoms with E-state index < -0.39 is 40.1 Å². The Balaban J connectivity index is 1.92. The van der Waals surface area contributed by atoms with Crippen molar-refractivity contribution < 1.29 is 45.1 Å². The van der Waals surface area contributed by atoms with Crippen molar-refractivity contribution in [3.63, 3.8) is 0 Å². The molecule has 0 spiro atoms. The number of cyclic esters (lactones) is 1. The van der Waals surface area contributed by atoms with E-state index in [4.69, 9.17) is 13.5 Å². The molecule has 2 heterocycles. The van der Waals surface area contributed by atoms with Crippen LogP contribution in [0.15, 0.2) is 30.4 Å². The number of carbonyl (C=O) groups excluding carboxylic acids is 2. The van der Waals surface area contributed by atoms with Crippen LogP contribution in [0.3, 0.4) is 0 Å². The normalized spacial score (nSPS) is 27.0. The second-order valence-electron chi connectivity index (χ2n) is 6.32. The van der Waals surface area contributed by atoms with E-state index in [9.17, 15) is 19.8 Å². The van der Waals surface area contributed by atoms with E-state index in [1.54, 1.807) is 13.0 Å². The molecule has 28 heavy (non-hydrogen) atoms. The van der Waals surface area contributed by atoms with Crippen LogP contribution < -0.4 is 25.0 Å². The predicted molar refractivity (Wildman–Crippen MR) is 107 cm³/mol. The molecule has 2 atom stereocenters. The van der Waals surface area contributed by atoms with Gasteiger partial charge in [0.25, 0.3) is 0 Å². The molecule has 1 aromatic carbocycles. The van der Waals surface area contributed by atoms with Crippen LogP contribution in [0.2, 0.25) is 0 Å².